The van der Waals surface area contributed by atoms with Crippen LogP contribution in [0.15, 0.2) is 64.5 Å². The summed E-state index contributed by atoms with van der Waals surface area (Å²) in [5, 5.41) is 7.31. The number of aromatic nitrogens is 2. The normalized spacial score (nSPS) is 16.1. The van der Waals surface area contributed by atoms with E-state index >= 15 is 0 Å². The van der Waals surface area contributed by atoms with Gasteiger partial charge in [-0.15, -0.1) is 0 Å². The first-order valence-electron chi connectivity index (χ1n) is 9.38. The number of nitrogens with one attached hydrogen (secondary N) is 1. The van der Waals surface area contributed by atoms with Gasteiger partial charge in [-0.2, -0.15) is 5.10 Å². The van der Waals surface area contributed by atoms with Crippen molar-refractivity contribution in [1.29, 1.82) is 0 Å². The van der Waals surface area contributed by atoms with Crippen molar-refractivity contribution in [1.82, 2.24) is 9.97 Å². The molecule has 148 valence electrons. The Morgan fingerprint density at radius 3 is 2.41 bits per heavy atom. The van der Waals surface area contributed by atoms with Crippen molar-refractivity contribution in [2.75, 3.05) is 24.0 Å². The minimum Gasteiger partial charge on any atom is -0.378 e. The van der Waals surface area contributed by atoms with E-state index in [0.29, 0.717) is 23.1 Å². The monoisotopic (exact) mass is 407 g/mol. The lowest BCUT2D eigenvalue weighted by atomic mass is 9.98. The molecule has 0 saturated heterocycles. The summed E-state index contributed by atoms with van der Waals surface area (Å²) in [6, 6.07) is 17.4. The Morgan fingerprint density at radius 1 is 1.10 bits per heavy atom. The van der Waals surface area contributed by atoms with E-state index < -0.39 is 0 Å². The molecule has 1 atom stereocenters. The molecule has 1 aromatic heterocycles. The number of nitrogens with zero attached hydrogens (tertiary/aromatic N) is 4. The van der Waals surface area contributed by atoms with Crippen molar-refractivity contribution < 1.29 is 0 Å². The number of aryl methyl sites for hydroxylation is 1. The minimum absolute atomic E-state index is 0.0677. The molecule has 4 rings (SSSR count). The predicted molar refractivity (Wildman–Crippen MR) is 118 cm³/mol. The average Bonchev–Trinajstić information content (AvgIpc) is 3.13. The number of hydrogen-bond donors (Lipinski definition) is 1. The van der Waals surface area contributed by atoms with Crippen LogP contribution in [0.3, 0.4) is 0 Å². The highest BCUT2D eigenvalue weighted by atomic mass is 35.5. The Labute approximate surface area is 174 Å². The van der Waals surface area contributed by atoms with Gasteiger partial charge >= 0.3 is 0 Å². The lowest BCUT2D eigenvalue weighted by Gasteiger charge is -2.23. The molecule has 0 saturated carbocycles. The molecule has 2 heterocycles. The lowest BCUT2D eigenvalue weighted by Crippen LogP contribution is -2.24. The molecule has 29 heavy (non-hydrogen) atoms. The van der Waals surface area contributed by atoms with Gasteiger partial charge in [-0.3, -0.25) is 9.78 Å². The zero-order valence-electron chi connectivity index (χ0n) is 16.6. The van der Waals surface area contributed by atoms with E-state index in [2.05, 4.69) is 39.1 Å². The molecule has 0 amide bonds. The Bertz CT molecular complexity index is 1100. The van der Waals surface area contributed by atoms with E-state index in [1.807, 2.05) is 43.4 Å². The van der Waals surface area contributed by atoms with Crippen LogP contribution in [0.2, 0.25) is 5.02 Å². The van der Waals surface area contributed by atoms with Crippen molar-refractivity contribution in [2.24, 2.45) is 5.10 Å². The third-order valence-electron chi connectivity index (χ3n) is 4.96. The molecule has 0 bridgehead atoms. The standard InChI is InChI=1S/C22H22ClN5O/c1-14-12-21(29)25-22(24-14)28-20(16-6-10-18(11-7-16)27(2)3)13-19(26-28)15-4-8-17(23)9-5-15/h4-12,20H,13H2,1-3H3,(H,24,25,29)/t20-/m0/s1. The van der Waals surface area contributed by atoms with Crippen LogP contribution in [0.4, 0.5) is 11.6 Å². The third-order valence-corrected chi connectivity index (χ3v) is 5.21. The van der Waals surface area contributed by atoms with Gasteiger partial charge in [-0.1, -0.05) is 35.9 Å². The zero-order valence-corrected chi connectivity index (χ0v) is 17.3. The maximum atomic E-state index is 12.0. The first-order chi connectivity index (χ1) is 13.9. The molecule has 0 unspecified atom stereocenters. The van der Waals surface area contributed by atoms with Gasteiger partial charge in [0.15, 0.2) is 0 Å². The maximum absolute atomic E-state index is 12.0. The van der Waals surface area contributed by atoms with E-state index in [1.54, 1.807) is 6.92 Å². The number of halogens is 1. The van der Waals surface area contributed by atoms with Crippen molar-refractivity contribution in [3.05, 3.63) is 86.8 Å². The summed E-state index contributed by atoms with van der Waals surface area (Å²) in [5.74, 6) is 0.445. The summed E-state index contributed by atoms with van der Waals surface area (Å²) in [5.41, 5.74) is 4.62. The van der Waals surface area contributed by atoms with Crippen LogP contribution >= 0.6 is 11.6 Å². The fourth-order valence-electron chi connectivity index (χ4n) is 3.45. The minimum atomic E-state index is -0.190. The summed E-state index contributed by atoms with van der Waals surface area (Å²) < 4.78 is 0. The van der Waals surface area contributed by atoms with Crippen LogP contribution in [0.5, 0.6) is 0 Å². The average molecular weight is 408 g/mol. The summed E-state index contributed by atoms with van der Waals surface area (Å²) in [4.78, 5) is 21.4. The Morgan fingerprint density at radius 2 is 1.79 bits per heavy atom. The van der Waals surface area contributed by atoms with Gasteiger partial charge in [0.05, 0.1) is 11.8 Å². The number of H-pyrrole nitrogens is 1. The van der Waals surface area contributed by atoms with E-state index in [0.717, 1.165) is 22.5 Å². The largest absolute Gasteiger partial charge is 0.378 e. The molecule has 1 aliphatic heterocycles. The van der Waals surface area contributed by atoms with E-state index in [-0.39, 0.29) is 11.6 Å². The summed E-state index contributed by atoms with van der Waals surface area (Å²) in [6.45, 7) is 1.81. The van der Waals surface area contributed by atoms with E-state index in [1.165, 1.54) is 6.07 Å². The first kappa shape index (κ1) is 19.2. The van der Waals surface area contributed by atoms with Crippen molar-refractivity contribution in [3.63, 3.8) is 0 Å². The number of hydrazone groups is 1. The highest BCUT2D eigenvalue weighted by molar-refractivity contribution is 6.30. The maximum Gasteiger partial charge on any atom is 0.252 e. The summed E-state index contributed by atoms with van der Waals surface area (Å²) in [7, 11) is 4.03. The van der Waals surface area contributed by atoms with E-state index in [9.17, 15) is 4.79 Å². The van der Waals surface area contributed by atoms with Gasteiger partial charge < -0.3 is 4.90 Å². The van der Waals surface area contributed by atoms with Crippen LogP contribution in [-0.4, -0.2) is 29.8 Å². The zero-order chi connectivity index (χ0) is 20.5. The fraction of sp³-hybridized carbons (Fsp3) is 0.227. The molecule has 0 aliphatic carbocycles. The van der Waals surface area contributed by atoms with Crippen LogP contribution < -0.4 is 15.5 Å². The highest BCUT2D eigenvalue weighted by Crippen LogP contribution is 2.35. The van der Waals surface area contributed by atoms with Crippen LogP contribution in [0.1, 0.15) is 29.3 Å². The lowest BCUT2D eigenvalue weighted by molar-refractivity contribution is 0.683. The highest BCUT2D eigenvalue weighted by Gasteiger charge is 2.31. The smallest absolute Gasteiger partial charge is 0.252 e. The SMILES string of the molecule is Cc1cc(=O)[nH]c(N2N=C(c3ccc(Cl)cc3)C[C@H]2c2ccc(N(C)C)cc2)n1. The van der Waals surface area contributed by atoms with Crippen molar-refractivity contribution in [3.8, 4) is 0 Å². The number of rotatable bonds is 4. The van der Waals surface area contributed by atoms with Crippen LogP contribution in [0, 0.1) is 6.92 Å². The van der Waals surface area contributed by atoms with Gasteiger partial charge in [0.1, 0.15) is 0 Å². The van der Waals surface area contributed by atoms with Gasteiger partial charge in [-0.25, -0.2) is 9.99 Å². The molecule has 1 aliphatic rings. The molecule has 3 aromatic rings. The molecule has 0 fully saturated rings. The molecule has 2 aromatic carbocycles. The molecule has 7 heteroatoms. The van der Waals surface area contributed by atoms with Gasteiger partial charge in [0, 0.05) is 43.0 Å². The Balaban J connectivity index is 1.76. The Hall–Kier alpha value is -3.12. The van der Waals surface area contributed by atoms with Gasteiger partial charge in [0.25, 0.3) is 5.56 Å². The topological polar surface area (TPSA) is 64.6 Å². The molecular formula is C22H22ClN5O. The third kappa shape index (κ3) is 4.03. The van der Waals surface area contributed by atoms with Crippen molar-refractivity contribution in [2.45, 2.75) is 19.4 Å². The number of benzene rings is 2. The second-order valence-corrected chi connectivity index (χ2v) is 7.75. The first-order valence-corrected chi connectivity index (χ1v) is 9.76. The Kier molecular flexibility index (Phi) is 5.11. The number of hydrogen-bond acceptors (Lipinski definition) is 5. The molecule has 6 nitrogen and oxygen atoms in total. The van der Waals surface area contributed by atoms with Crippen molar-refractivity contribution >= 4 is 28.9 Å². The van der Waals surface area contributed by atoms with E-state index in [4.69, 9.17) is 16.7 Å². The fourth-order valence-corrected chi connectivity index (χ4v) is 3.57. The molecular weight excluding hydrogens is 386 g/mol. The summed E-state index contributed by atoms with van der Waals surface area (Å²) in [6.07, 6.45) is 0.695. The predicted octanol–water partition coefficient (Wildman–Crippen LogP) is 4.15. The second kappa shape index (κ2) is 7.72. The number of aromatic amines is 1. The van der Waals surface area contributed by atoms with Gasteiger partial charge in [0.2, 0.25) is 5.95 Å². The second-order valence-electron chi connectivity index (χ2n) is 7.31. The number of anilines is 2. The quantitative estimate of drug-likeness (QED) is 0.705. The summed E-state index contributed by atoms with van der Waals surface area (Å²) >= 11 is 6.04. The van der Waals surface area contributed by atoms with Crippen LogP contribution in [0.25, 0.3) is 0 Å². The van der Waals surface area contributed by atoms with Gasteiger partial charge in [-0.05, 0) is 42.3 Å². The molecule has 0 spiro atoms. The molecule has 1 N–H and O–H groups in total. The molecule has 0 radical (unpaired) electrons. The van der Waals surface area contributed by atoms with Crippen LogP contribution in [-0.2, 0) is 0 Å².